The van der Waals surface area contributed by atoms with Crippen molar-refractivity contribution in [3.8, 4) is 0 Å². The Morgan fingerprint density at radius 1 is 1.04 bits per heavy atom. The first-order valence-electron chi connectivity index (χ1n) is 9.02. The smallest absolute Gasteiger partial charge is 0.321 e. The summed E-state index contributed by atoms with van der Waals surface area (Å²) in [5.74, 6) is 0. The number of piperazine rings is 1. The monoisotopic (exact) mass is 381 g/mol. The topological polar surface area (TPSA) is 35.6 Å². The van der Waals surface area contributed by atoms with Crippen LogP contribution in [0.4, 0.5) is 10.5 Å². The molecule has 6 heteroatoms. The molecular weight excluding hydrogens is 357 g/mol. The van der Waals surface area contributed by atoms with Crippen LogP contribution in [0.3, 0.4) is 0 Å². The summed E-state index contributed by atoms with van der Waals surface area (Å²) in [6, 6.07) is 4.98. The molecule has 136 valence electrons. The van der Waals surface area contributed by atoms with E-state index in [4.69, 9.17) is 23.2 Å². The predicted octanol–water partition coefficient (Wildman–Crippen LogP) is 5.03. The van der Waals surface area contributed by atoms with E-state index in [0.29, 0.717) is 15.7 Å². The van der Waals surface area contributed by atoms with Crippen LogP contribution in [0.2, 0.25) is 10.0 Å². The zero-order valence-electron chi connectivity index (χ0n) is 14.4. The van der Waals surface area contributed by atoms with Crippen molar-refractivity contribution in [2.45, 2.75) is 32.1 Å². The fourth-order valence-electron chi connectivity index (χ4n) is 3.44. The Morgan fingerprint density at radius 2 is 1.76 bits per heavy atom. The highest BCUT2D eigenvalue weighted by atomic mass is 35.5. The Balaban J connectivity index is 1.43. The zero-order valence-corrected chi connectivity index (χ0v) is 16.0. The number of nitrogens with one attached hydrogen (secondary N) is 1. The molecule has 2 amide bonds. The number of rotatable bonds is 4. The van der Waals surface area contributed by atoms with Gasteiger partial charge >= 0.3 is 6.03 Å². The molecule has 1 heterocycles. The quantitative estimate of drug-likeness (QED) is 0.741. The zero-order chi connectivity index (χ0) is 17.6. The van der Waals surface area contributed by atoms with E-state index >= 15 is 0 Å². The summed E-state index contributed by atoms with van der Waals surface area (Å²) >= 11 is 12.0. The number of benzene rings is 1. The van der Waals surface area contributed by atoms with Gasteiger partial charge in [-0.3, -0.25) is 4.90 Å². The predicted molar refractivity (Wildman–Crippen MR) is 105 cm³/mol. The highest BCUT2D eigenvalue weighted by Gasteiger charge is 2.21. The first kappa shape index (κ1) is 18.6. The summed E-state index contributed by atoms with van der Waals surface area (Å²) < 4.78 is 0. The molecule has 1 aromatic carbocycles. The molecule has 1 N–H and O–H groups in total. The average Bonchev–Trinajstić information content (AvgIpc) is 2.60. The van der Waals surface area contributed by atoms with Gasteiger partial charge in [0.05, 0.1) is 0 Å². The number of carbonyl (C=O) groups is 1. The molecule has 1 aliphatic carbocycles. The first-order valence-corrected chi connectivity index (χ1v) is 9.78. The van der Waals surface area contributed by atoms with Crippen molar-refractivity contribution in [3.05, 3.63) is 39.9 Å². The van der Waals surface area contributed by atoms with Gasteiger partial charge in [-0.1, -0.05) is 34.9 Å². The van der Waals surface area contributed by atoms with Crippen LogP contribution in [-0.2, 0) is 0 Å². The minimum atomic E-state index is -0.0898. The van der Waals surface area contributed by atoms with Crippen molar-refractivity contribution in [3.63, 3.8) is 0 Å². The standard InChI is InChI=1S/C19H25Cl2N3O/c20-16-12-17(21)14-18(13-16)22-19(25)24-10-8-23(9-11-24)7-6-15-4-2-1-3-5-15/h4,12-14H,1-3,5-11H2,(H,22,25). The molecule has 4 nitrogen and oxygen atoms in total. The molecule has 1 fully saturated rings. The van der Waals surface area contributed by atoms with E-state index in [1.54, 1.807) is 23.8 Å². The van der Waals surface area contributed by atoms with Gasteiger partial charge in [0.25, 0.3) is 0 Å². The molecule has 0 atom stereocenters. The van der Waals surface area contributed by atoms with Gasteiger partial charge < -0.3 is 10.2 Å². The fraction of sp³-hybridized carbons (Fsp3) is 0.526. The number of hydrogen-bond donors (Lipinski definition) is 1. The van der Waals surface area contributed by atoms with Gasteiger partial charge in [0, 0.05) is 48.5 Å². The van der Waals surface area contributed by atoms with Gasteiger partial charge in [-0.05, 0) is 50.3 Å². The average molecular weight is 382 g/mol. The van der Waals surface area contributed by atoms with Crippen LogP contribution in [0.5, 0.6) is 0 Å². The van der Waals surface area contributed by atoms with E-state index in [-0.39, 0.29) is 6.03 Å². The highest BCUT2D eigenvalue weighted by molar-refractivity contribution is 6.35. The molecule has 25 heavy (non-hydrogen) atoms. The molecule has 3 rings (SSSR count). The second-order valence-corrected chi connectivity index (χ2v) is 7.65. The Labute approximate surface area is 159 Å². The SMILES string of the molecule is O=C(Nc1cc(Cl)cc(Cl)c1)N1CCN(CCC2=CCCCC2)CC1. The second kappa shape index (κ2) is 8.93. The Kier molecular flexibility index (Phi) is 6.63. The molecule has 0 saturated carbocycles. The van der Waals surface area contributed by atoms with Crippen LogP contribution in [0, 0.1) is 0 Å². The number of nitrogens with zero attached hydrogens (tertiary/aromatic N) is 2. The van der Waals surface area contributed by atoms with Crippen LogP contribution in [0.1, 0.15) is 32.1 Å². The van der Waals surface area contributed by atoms with Crippen molar-refractivity contribution in [2.24, 2.45) is 0 Å². The van der Waals surface area contributed by atoms with Crippen LogP contribution in [0.15, 0.2) is 29.8 Å². The van der Waals surface area contributed by atoms with E-state index in [2.05, 4.69) is 16.3 Å². The molecule has 0 aromatic heterocycles. The maximum Gasteiger partial charge on any atom is 0.321 e. The molecular formula is C19H25Cl2N3O. The molecule has 2 aliphatic rings. The van der Waals surface area contributed by atoms with Gasteiger partial charge in [-0.25, -0.2) is 4.79 Å². The Morgan fingerprint density at radius 3 is 2.40 bits per heavy atom. The maximum atomic E-state index is 12.4. The van der Waals surface area contributed by atoms with Crippen molar-refractivity contribution in [1.29, 1.82) is 0 Å². The molecule has 0 radical (unpaired) electrons. The minimum Gasteiger partial charge on any atom is -0.322 e. The van der Waals surface area contributed by atoms with E-state index in [1.807, 2.05) is 4.90 Å². The molecule has 0 bridgehead atoms. The maximum absolute atomic E-state index is 12.4. The van der Waals surface area contributed by atoms with E-state index < -0.39 is 0 Å². The minimum absolute atomic E-state index is 0.0898. The normalized spacial score (nSPS) is 18.8. The first-order chi connectivity index (χ1) is 12.1. The van der Waals surface area contributed by atoms with Gasteiger partial charge in [0.2, 0.25) is 0 Å². The van der Waals surface area contributed by atoms with Crippen molar-refractivity contribution >= 4 is 34.9 Å². The van der Waals surface area contributed by atoms with Gasteiger partial charge in [0.15, 0.2) is 0 Å². The van der Waals surface area contributed by atoms with Crippen LogP contribution in [-0.4, -0.2) is 48.6 Å². The van der Waals surface area contributed by atoms with Crippen LogP contribution in [0.25, 0.3) is 0 Å². The fourth-order valence-corrected chi connectivity index (χ4v) is 3.96. The number of hydrogen-bond acceptors (Lipinski definition) is 2. The van der Waals surface area contributed by atoms with Crippen molar-refractivity contribution in [1.82, 2.24) is 9.80 Å². The van der Waals surface area contributed by atoms with E-state index in [1.165, 1.54) is 32.1 Å². The molecule has 1 saturated heterocycles. The summed E-state index contributed by atoms with van der Waals surface area (Å²) in [5.41, 5.74) is 2.25. The molecule has 1 aliphatic heterocycles. The van der Waals surface area contributed by atoms with Crippen LogP contribution < -0.4 is 5.32 Å². The van der Waals surface area contributed by atoms with Crippen molar-refractivity contribution in [2.75, 3.05) is 38.0 Å². The van der Waals surface area contributed by atoms with E-state index in [9.17, 15) is 4.79 Å². The summed E-state index contributed by atoms with van der Waals surface area (Å²) in [7, 11) is 0. The van der Waals surface area contributed by atoms with Crippen molar-refractivity contribution < 1.29 is 4.79 Å². The molecule has 0 unspecified atom stereocenters. The number of allylic oxidation sites excluding steroid dienone is 1. The lowest BCUT2D eigenvalue weighted by Gasteiger charge is -2.35. The summed E-state index contributed by atoms with van der Waals surface area (Å²) in [5, 5.41) is 3.92. The lowest BCUT2D eigenvalue weighted by atomic mass is 9.97. The summed E-state index contributed by atoms with van der Waals surface area (Å²) in [6.45, 7) is 4.46. The largest absolute Gasteiger partial charge is 0.322 e. The van der Waals surface area contributed by atoms with Crippen LogP contribution >= 0.6 is 23.2 Å². The summed E-state index contributed by atoms with van der Waals surface area (Å²) in [6.07, 6.45) is 8.79. The van der Waals surface area contributed by atoms with E-state index in [0.717, 1.165) is 32.7 Å². The molecule has 0 spiro atoms. The molecule has 1 aromatic rings. The third-order valence-electron chi connectivity index (χ3n) is 4.91. The summed E-state index contributed by atoms with van der Waals surface area (Å²) in [4.78, 5) is 16.7. The van der Waals surface area contributed by atoms with Gasteiger partial charge in [0.1, 0.15) is 0 Å². The lowest BCUT2D eigenvalue weighted by molar-refractivity contribution is 0.148. The Hall–Kier alpha value is -1.23. The number of urea groups is 1. The third kappa shape index (κ3) is 5.63. The highest BCUT2D eigenvalue weighted by Crippen LogP contribution is 2.23. The second-order valence-electron chi connectivity index (χ2n) is 6.78. The number of anilines is 1. The Bertz CT molecular complexity index is 619. The number of carbonyl (C=O) groups excluding carboxylic acids is 1. The number of amides is 2. The number of halogens is 2. The van der Waals surface area contributed by atoms with Gasteiger partial charge in [-0.2, -0.15) is 0 Å². The van der Waals surface area contributed by atoms with Gasteiger partial charge in [-0.15, -0.1) is 0 Å². The third-order valence-corrected chi connectivity index (χ3v) is 5.34. The lowest BCUT2D eigenvalue weighted by Crippen LogP contribution is -2.50.